The van der Waals surface area contributed by atoms with Gasteiger partial charge in [0.15, 0.2) is 4.80 Å². The largest absolute Gasteiger partial charge is 0.497 e. The number of methoxy groups -OCH3 is 1. The molecule has 1 aliphatic heterocycles. The highest BCUT2D eigenvalue weighted by Crippen LogP contribution is 2.19. The average Bonchev–Trinajstić information content (AvgIpc) is 3.44. The molecule has 0 unspecified atom stereocenters. The van der Waals surface area contributed by atoms with Gasteiger partial charge in [-0.05, 0) is 56.5 Å². The van der Waals surface area contributed by atoms with E-state index in [-0.39, 0.29) is 11.8 Å². The van der Waals surface area contributed by atoms with Gasteiger partial charge >= 0.3 is 0 Å². The number of nitrogens with zero attached hydrogens (tertiary/aromatic N) is 3. The van der Waals surface area contributed by atoms with Gasteiger partial charge in [-0.3, -0.25) is 9.59 Å². The van der Waals surface area contributed by atoms with Crippen LogP contribution < -0.4 is 9.54 Å². The summed E-state index contributed by atoms with van der Waals surface area (Å²) in [5.74, 6) is 0.376. The van der Waals surface area contributed by atoms with Crippen LogP contribution in [0.1, 0.15) is 49.7 Å². The number of likely N-dealkylation sites (tertiary alicyclic amines) is 1. The van der Waals surface area contributed by atoms with E-state index in [1.54, 1.807) is 31.4 Å². The highest BCUT2D eigenvalue weighted by molar-refractivity contribution is 7.09. The third-order valence-corrected chi connectivity index (χ3v) is 6.97. The molecule has 0 radical (unpaired) electrons. The highest BCUT2D eigenvalue weighted by atomic mass is 32.1. The van der Waals surface area contributed by atoms with Crippen LogP contribution in [0.3, 0.4) is 0 Å². The molecule has 166 valence electrons. The second kappa shape index (κ2) is 9.53. The molecule has 2 aromatic carbocycles. The molecule has 0 N–H and O–H groups in total. The quantitative estimate of drug-likeness (QED) is 0.586. The summed E-state index contributed by atoms with van der Waals surface area (Å²) < 4.78 is 7.25. The molecule has 3 aromatic rings. The first-order valence-corrected chi connectivity index (χ1v) is 11.6. The lowest BCUT2D eigenvalue weighted by Gasteiger charge is -2.18. The predicted octanol–water partition coefficient (Wildman–Crippen LogP) is 4.20. The molecule has 2 amide bonds. The van der Waals surface area contributed by atoms with Gasteiger partial charge in [0, 0.05) is 34.8 Å². The van der Waals surface area contributed by atoms with Crippen molar-refractivity contribution in [3.8, 4) is 5.75 Å². The number of carbonyl (C=O) groups excluding carboxylic acids is 2. The van der Waals surface area contributed by atoms with Crippen molar-refractivity contribution in [3.05, 3.63) is 80.6 Å². The number of benzene rings is 2. The maximum atomic E-state index is 13.1. The van der Waals surface area contributed by atoms with Gasteiger partial charge in [-0.25, -0.2) is 0 Å². The minimum atomic E-state index is -0.319. The Hall–Kier alpha value is -3.19. The minimum Gasteiger partial charge on any atom is -0.497 e. The van der Waals surface area contributed by atoms with E-state index in [1.807, 2.05) is 47.6 Å². The third kappa shape index (κ3) is 4.53. The van der Waals surface area contributed by atoms with Crippen molar-refractivity contribution in [1.29, 1.82) is 0 Å². The summed E-state index contributed by atoms with van der Waals surface area (Å²) in [6, 6.07) is 14.7. The summed E-state index contributed by atoms with van der Waals surface area (Å²) in [5.41, 5.74) is 3.16. The molecule has 7 heteroatoms. The van der Waals surface area contributed by atoms with Crippen molar-refractivity contribution in [2.75, 3.05) is 20.2 Å². The predicted molar refractivity (Wildman–Crippen MR) is 125 cm³/mol. The van der Waals surface area contributed by atoms with Crippen LogP contribution in [0, 0.1) is 13.8 Å². The SMILES string of the molecule is COc1cccc(C(=O)N=c2sc(C)c(C)n2Cc2ccccc2C(=O)N2CCCC2)c1. The highest BCUT2D eigenvalue weighted by Gasteiger charge is 2.22. The molecule has 0 aliphatic carbocycles. The molecular weight excluding hydrogens is 422 g/mol. The molecule has 1 aromatic heterocycles. The van der Waals surface area contributed by atoms with Gasteiger partial charge in [-0.15, -0.1) is 11.3 Å². The fraction of sp³-hybridized carbons (Fsp3) is 0.320. The van der Waals surface area contributed by atoms with E-state index in [0.29, 0.717) is 22.7 Å². The summed E-state index contributed by atoms with van der Waals surface area (Å²) in [7, 11) is 1.57. The molecule has 1 aliphatic rings. The van der Waals surface area contributed by atoms with Gasteiger partial charge in [0.2, 0.25) is 0 Å². The number of rotatable bonds is 5. The van der Waals surface area contributed by atoms with Crippen molar-refractivity contribution in [3.63, 3.8) is 0 Å². The zero-order chi connectivity index (χ0) is 22.7. The molecule has 6 nitrogen and oxygen atoms in total. The first-order chi connectivity index (χ1) is 15.5. The molecule has 0 saturated carbocycles. The fourth-order valence-corrected chi connectivity index (χ4v) is 4.88. The van der Waals surface area contributed by atoms with E-state index >= 15 is 0 Å². The van der Waals surface area contributed by atoms with Crippen LogP contribution in [0.25, 0.3) is 0 Å². The molecule has 0 spiro atoms. The van der Waals surface area contributed by atoms with E-state index in [4.69, 9.17) is 4.74 Å². The molecule has 1 fully saturated rings. The maximum Gasteiger partial charge on any atom is 0.279 e. The molecule has 2 heterocycles. The monoisotopic (exact) mass is 449 g/mol. The Kier molecular flexibility index (Phi) is 6.55. The topological polar surface area (TPSA) is 63.9 Å². The van der Waals surface area contributed by atoms with Gasteiger partial charge in [-0.2, -0.15) is 4.99 Å². The van der Waals surface area contributed by atoms with Crippen molar-refractivity contribution in [1.82, 2.24) is 9.47 Å². The Morgan fingerprint density at radius 1 is 1.06 bits per heavy atom. The van der Waals surface area contributed by atoms with Gasteiger partial charge in [0.25, 0.3) is 11.8 Å². The van der Waals surface area contributed by atoms with Crippen molar-refractivity contribution >= 4 is 23.2 Å². The number of aryl methyl sites for hydroxylation is 1. The number of hydrogen-bond donors (Lipinski definition) is 0. The first-order valence-electron chi connectivity index (χ1n) is 10.7. The molecule has 4 rings (SSSR count). The second-order valence-electron chi connectivity index (χ2n) is 7.92. The van der Waals surface area contributed by atoms with E-state index in [1.165, 1.54) is 11.3 Å². The van der Waals surface area contributed by atoms with E-state index in [2.05, 4.69) is 4.99 Å². The lowest BCUT2D eigenvalue weighted by Crippen LogP contribution is -2.29. The summed E-state index contributed by atoms with van der Waals surface area (Å²) in [6.07, 6.45) is 2.11. The molecule has 1 saturated heterocycles. The van der Waals surface area contributed by atoms with Crippen LogP contribution in [0.2, 0.25) is 0 Å². The molecule has 32 heavy (non-hydrogen) atoms. The lowest BCUT2D eigenvalue weighted by molar-refractivity contribution is 0.0791. The summed E-state index contributed by atoms with van der Waals surface area (Å²) >= 11 is 1.48. The zero-order valence-electron chi connectivity index (χ0n) is 18.6. The van der Waals surface area contributed by atoms with Crippen LogP contribution >= 0.6 is 11.3 Å². The summed E-state index contributed by atoms with van der Waals surface area (Å²) in [4.78, 5) is 34.0. The second-order valence-corrected chi connectivity index (χ2v) is 9.10. The molecular formula is C25H27N3O3S. The van der Waals surface area contributed by atoms with Crippen LogP contribution in [-0.2, 0) is 6.54 Å². The summed E-state index contributed by atoms with van der Waals surface area (Å²) in [6.45, 7) is 6.15. The lowest BCUT2D eigenvalue weighted by atomic mass is 10.1. The van der Waals surface area contributed by atoms with Gasteiger partial charge in [0.1, 0.15) is 5.75 Å². The Labute approximate surface area is 191 Å². The van der Waals surface area contributed by atoms with Crippen LogP contribution in [0.4, 0.5) is 0 Å². The van der Waals surface area contributed by atoms with Gasteiger partial charge in [-0.1, -0.05) is 24.3 Å². The zero-order valence-corrected chi connectivity index (χ0v) is 19.4. The Morgan fingerprint density at radius 2 is 1.81 bits per heavy atom. The normalized spacial score (nSPS) is 14.1. The number of carbonyl (C=O) groups is 2. The molecule has 0 bridgehead atoms. The minimum absolute atomic E-state index is 0.0780. The number of ether oxygens (including phenoxy) is 1. The summed E-state index contributed by atoms with van der Waals surface area (Å²) in [5, 5.41) is 0. The standard InChI is InChI=1S/C25H27N3O3S/c1-17-18(2)32-25(26-23(29)19-10-8-11-21(15-19)31-3)28(17)16-20-9-4-5-12-22(20)24(30)27-13-6-7-14-27/h4-5,8-12,15H,6-7,13-14,16H2,1-3H3. The van der Waals surface area contributed by atoms with E-state index in [9.17, 15) is 9.59 Å². The van der Waals surface area contributed by atoms with Crippen LogP contribution in [0.5, 0.6) is 5.75 Å². The number of aromatic nitrogens is 1. The Bertz CT molecular complexity index is 1220. The number of thiazole rings is 1. The average molecular weight is 450 g/mol. The smallest absolute Gasteiger partial charge is 0.279 e. The van der Waals surface area contributed by atoms with E-state index < -0.39 is 0 Å². The number of hydrogen-bond acceptors (Lipinski definition) is 4. The van der Waals surface area contributed by atoms with Gasteiger partial charge in [0.05, 0.1) is 13.7 Å². The maximum absolute atomic E-state index is 13.1. The van der Waals surface area contributed by atoms with Crippen molar-refractivity contribution in [2.45, 2.75) is 33.2 Å². The molecule has 0 atom stereocenters. The Balaban J connectivity index is 1.70. The third-order valence-electron chi connectivity index (χ3n) is 5.87. The van der Waals surface area contributed by atoms with Crippen molar-refractivity contribution in [2.24, 2.45) is 4.99 Å². The van der Waals surface area contributed by atoms with Crippen LogP contribution in [-0.4, -0.2) is 41.5 Å². The van der Waals surface area contributed by atoms with Gasteiger partial charge < -0.3 is 14.2 Å². The Morgan fingerprint density at radius 3 is 2.56 bits per heavy atom. The van der Waals surface area contributed by atoms with Crippen molar-refractivity contribution < 1.29 is 14.3 Å². The number of amides is 2. The van der Waals surface area contributed by atoms with E-state index in [0.717, 1.165) is 47.6 Å². The van der Waals surface area contributed by atoms with Crippen LogP contribution in [0.15, 0.2) is 53.5 Å². The first kappa shape index (κ1) is 22.0. The fourth-order valence-electron chi connectivity index (χ4n) is 3.90.